The van der Waals surface area contributed by atoms with Gasteiger partial charge in [0.2, 0.25) is 0 Å². The monoisotopic (exact) mass is 296 g/mol. The maximum Gasteiger partial charge on any atom is 0.146 e. The number of aromatic nitrogens is 1. The molecule has 5 heteroatoms. The first-order valence-electron chi connectivity index (χ1n) is 7.49. The molecule has 0 aliphatic heterocycles. The Bertz CT molecular complexity index is 470. The van der Waals surface area contributed by atoms with Crippen LogP contribution in [0.15, 0.2) is 9.68 Å². The maximum atomic E-state index is 9.32. The van der Waals surface area contributed by atoms with Crippen molar-refractivity contribution in [2.24, 2.45) is 11.1 Å². The number of aryl methyl sites for hydroxylation is 1. The van der Waals surface area contributed by atoms with Crippen LogP contribution in [0.4, 0.5) is 0 Å². The third-order valence-corrected chi connectivity index (χ3v) is 4.90. The Morgan fingerprint density at radius 1 is 1.45 bits per heavy atom. The van der Waals surface area contributed by atoms with Crippen molar-refractivity contribution in [2.45, 2.75) is 58.1 Å². The van der Waals surface area contributed by atoms with Gasteiger partial charge >= 0.3 is 0 Å². The zero-order valence-electron chi connectivity index (χ0n) is 12.6. The summed E-state index contributed by atoms with van der Waals surface area (Å²) in [5, 5.41) is 17.6. The van der Waals surface area contributed by atoms with E-state index in [2.05, 4.69) is 31.1 Å². The Kier molecular flexibility index (Phi) is 5.52. The summed E-state index contributed by atoms with van der Waals surface area (Å²) in [6, 6.07) is 0. The Balaban J connectivity index is 2.14. The van der Waals surface area contributed by atoms with Crippen LogP contribution in [-0.4, -0.2) is 27.1 Å². The van der Waals surface area contributed by atoms with Crippen LogP contribution in [0.25, 0.3) is 0 Å². The van der Waals surface area contributed by atoms with Crippen molar-refractivity contribution in [1.82, 2.24) is 5.16 Å². The van der Waals surface area contributed by atoms with Crippen LogP contribution >= 0.6 is 11.8 Å². The van der Waals surface area contributed by atoms with Gasteiger partial charge in [0.05, 0.1) is 17.0 Å². The van der Waals surface area contributed by atoms with Crippen LogP contribution < -0.4 is 0 Å². The molecule has 2 rings (SSSR count). The zero-order valence-corrected chi connectivity index (χ0v) is 13.4. The fourth-order valence-electron chi connectivity index (χ4n) is 3.03. The number of nitrogens with zero attached hydrogens (tertiary/aromatic N) is 2. The highest BCUT2D eigenvalue weighted by Gasteiger charge is 2.31. The van der Waals surface area contributed by atoms with Gasteiger partial charge in [0.15, 0.2) is 0 Å². The second-order valence-corrected chi connectivity index (χ2v) is 7.22. The van der Waals surface area contributed by atoms with Gasteiger partial charge in [0.1, 0.15) is 5.76 Å². The van der Waals surface area contributed by atoms with E-state index in [9.17, 15) is 5.21 Å². The summed E-state index contributed by atoms with van der Waals surface area (Å²) in [6.45, 7) is 6.57. The largest absolute Gasteiger partial charge is 0.411 e. The fourth-order valence-corrected chi connectivity index (χ4v) is 4.00. The minimum absolute atomic E-state index is 0.491. The van der Waals surface area contributed by atoms with Crippen molar-refractivity contribution in [3.8, 4) is 0 Å². The van der Waals surface area contributed by atoms with Gasteiger partial charge in [-0.15, -0.1) is 0 Å². The van der Waals surface area contributed by atoms with Crippen LogP contribution in [0.2, 0.25) is 0 Å². The minimum Gasteiger partial charge on any atom is -0.411 e. The third kappa shape index (κ3) is 3.37. The molecule has 1 heterocycles. The van der Waals surface area contributed by atoms with E-state index in [1.54, 1.807) is 0 Å². The lowest BCUT2D eigenvalue weighted by molar-refractivity contribution is 0.310. The molecule has 0 fully saturated rings. The second-order valence-electron chi connectivity index (χ2n) is 5.50. The molecule has 1 N–H and O–H groups in total. The molecule has 4 nitrogen and oxygen atoms in total. The molecule has 0 radical (unpaired) electrons. The zero-order chi connectivity index (χ0) is 14.5. The lowest BCUT2D eigenvalue weighted by atomic mass is 9.83. The van der Waals surface area contributed by atoms with Crippen molar-refractivity contribution in [1.29, 1.82) is 0 Å². The highest BCUT2D eigenvalue weighted by Crippen LogP contribution is 2.33. The summed E-state index contributed by atoms with van der Waals surface area (Å²) >= 11 is 1.98. The number of rotatable bonds is 6. The van der Waals surface area contributed by atoms with Gasteiger partial charge in [-0.05, 0) is 30.9 Å². The molecule has 0 bridgehead atoms. The summed E-state index contributed by atoms with van der Waals surface area (Å²) in [6.07, 6.45) is 4.77. The molecule has 0 saturated carbocycles. The van der Waals surface area contributed by atoms with E-state index in [1.165, 1.54) is 0 Å². The summed E-state index contributed by atoms with van der Waals surface area (Å²) in [5.41, 5.74) is 2.68. The molecule has 1 aliphatic rings. The predicted molar refractivity (Wildman–Crippen MR) is 82.8 cm³/mol. The van der Waals surface area contributed by atoms with E-state index < -0.39 is 0 Å². The van der Waals surface area contributed by atoms with Crippen LogP contribution in [0.3, 0.4) is 0 Å². The van der Waals surface area contributed by atoms with Crippen LogP contribution in [0, 0.1) is 5.92 Å². The van der Waals surface area contributed by atoms with Crippen molar-refractivity contribution in [3.63, 3.8) is 0 Å². The molecule has 0 aromatic carbocycles. The van der Waals surface area contributed by atoms with E-state index in [0.717, 1.165) is 60.6 Å². The molecular weight excluding hydrogens is 272 g/mol. The average molecular weight is 296 g/mol. The Hall–Kier alpha value is -0.970. The molecule has 1 aliphatic carbocycles. The quantitative estimate of drug-likeness (QED) is 0.639. The molecule has 112 valence electrons. The van der Waals surface area contributed by atoms with Gasteiger partial charge in [-0.1, -0.05) is 37.5 Å². The Morgan fingerprint density at radius 2 is 2.25 bits per heavy atom. The summed E-state index contributed by atoms with van der Waals surface area (Å²) < 4.78 is 5.49. The molecule has 0 spiro atoms. The smallest absolute Gasteiger partial charge is 0.146 e. The normalized spacial score (nSPS) is 21.9. The first-order valence-corrected chi connectivity index (χ1v) is 8.54. The first-order chi connectivity index (χ1) is 9.69. The summed E-state index contributed by atoms with van der Waals surface area (Å²) in [4.78, 5) is 0. The van der Waals surface area contributed by atoms with Crippen molar-refractivity contribution in [3.05, 3.63) is 17.0 Å². The molecule has 0 amide bonds. The molecular formula is C15H24N2O2S. The SMILES string of the molecule is CCCc1noc2c1C(=NO)CC(CC(C)SCC)C2. The topological polar surface area (TPSA) is 58.6 Å². The predicted octanol–water partition coefficient (Wildman–Crippen LogP) is 3.90. The van der Waals surface area contributed by atoms with Crippen LogP contribution in [0.1, 0.15) is 57.1 Å². The lowest BCUT2D eigenvalue weighted by Gasteiger charge is -2.24. The number of hydrogen-bond donors (Lipinski definition) is 1. The standard InChI is InChI=1S/C15H24N2O2S/c1-4-6-12-15-13(16-18)8-11(7-10(3)20-5-2)9-14(15)19-17-12/h10-11,18H,4-9H2,1-3H3. The number of hydrogen-bond acceptors (Lipinski definition) is 5. The van der Waals surface area contributed by atoms with Gasteiger partial charge in [-0.3, -0.25) is 0 Å². The van der Waals surface area contributed by atoms with Gasteiger partial charge in [-0.25, -0.2) is 0 Å². The number of oxime groups is 1. The third-order valence-electron chi connectivity index (χ3n) is 3.80. The van der Waals surface area contributed by atoms with Crippen molar-refractivity contribution >= 4 is 17.5 Å². The summed E-state index contributed by atoms with van der Waals surface area (Å²) in [7, 11) is 0. The van der Waals surface area contributed by atoms with Crippen LogP contribution in [-0.2, 0) is 12.8 Å². The van der Waals surface area contributed by atoms with Gasteiger partial charge in [0.25, 0.3) is 0 Å². The first kappa shape index (κ1) is 15.4. The van der Waals surface area contributed by atoms with E-state index in [0.29, 0.717) is 11.2 Å². The van der Waals surface area contributed by atoms with Crippen LogP contribution in [0.5, 0.6) is 0 Å². The number of thioether (sulfide) groups is 1. The minimum atomic E-state index is 0.491. The lowest BCUT2D eigenvalue weighted by Crippen LogP contribution is -2.23. The fraction of sp³-hybridized carbons (Fsp3) is 0.733. The molecule has 20 heavy (non-hydrogen) atoms. The van der Waals surface area contributed by atoms with E-state index >= 15 is 0 Å². The van der Waals surface area contributed by atoms with Gasteiger partial charge in [-0.2, -0.15) is 11.8 Å². The summed E-state index contributed by atoms with van der Waals surface area (Å²) in [5.74, 6) is 2.54. The molecule has 0 saturated heterocycles. The average Bonchev–Trinajstić information content (AvgIpc) is 2.82. The van der Waals surface area contributed by atoms with Gasteiger partial charge < -0.3 is 9.73 Å². The van der Waals surface area contributed by atoms with Gasteiger partial charge in [0, 0.05) is 11.7 Å². The maximum absolute atomic E-state index is 9.32. The highest BCUT2D eigenvalue weighted by atomic mass is 32.2. The molecule has 2 atom stereocenters. The van der Waals surface area contributed by atoms with E-state index in [4.69, 9.17) is 4.52 Å². The van der Waals surface area contributed by atoms with Crippen molar-refractivity contribution in [2.75, 3.05) is 5.75 Å². The second kappa shape index (κ2) is 7.16. The van der Waals surface area contributed by atoms with E-state index in [1.807, 2.05) is 11.8 Å². The molecule has 1 aromatic heterocycles. The molecule has 1 aromatic rings. The van der Waals surface area contributed by atoms with Crippen molar-refractivity contribution < 1.29 is 9.73 Å². The van der Waals surface area contributed by atoms with E-state index in [-0.39, 0.29) is 0 Å². The Labute approximate surface area is 125 Å². The Morgan fingerprint density at radius 3 is 2.90 bits per heavy atom. The highest BCUT2D eigenvalue weighted by molar-refractivity contribution is 7.99. The number of fused-ring (bicyclic) bond motifs is 1. The molecule has 2 unspecified atom stereocenters.